The van der Waals surface area contributed by atoms with Crippen LogP contribution in [0.4, 0.5) is 10.6 Å². The fourth-order valence-electron chi connectivity index (χ4n) is 2.98. The zero-order valence-electron chi connectivity index (χ0n) is 16.1. The molecule has 5 nitrogen and oxygen atoms in total. The number of rotatable bonds is 11. The number of anilines is 1. The highest BCUT2D eigenvalue weighted by molar-refractivity contribution is 5.88. The number of urea groups is 1. The second kappa shape index (κ2) is 11.3. The third kappa shape index (κ3) is 6.90. The van der Waals surface area contributed by atoms with Gasteiger partial charge in [0.25, 0.3) is 0 Å². The van der Waals surface area contributed by atoms with Gasteiger partial charge in [0.1, 0.15) is 5.82 Å². The van der Waals surface area contributed by atoms with E-state index < -0.39 is 0 Å². The number of carbonyl (C=O) groups excluding carboxylic acids is 1. The average molecular weight is 357 g/mol. The van der Waals surface area contributed by atoms with E-state index in [-0.39, 0.29) is 6.03 Å². The quantitative estimate of drug-likeness (QED) is 0.526. The summed E-state index contributed by atoms with van der Waals surface area (Å²) in [5.74, 6) is 0.683. The van der Waals surface area contributed by atoms with E-state index in [0.29, 0.717) is 12.4 Å². The lowest BCUT2D eigenvalue weighted by molar-refractivity contribution is 0.251. The number of para-hydroxylation sites is 1. The van der Waals surface area contributed by atoms with Gasteiger partial charge in [0, 0.05) is 12.6 Å². The SMILES string of the molecule is CCCCCCCCCCNC(=O)Nc1cc(C)nn1-c1ccccc1. The van der Waals surface area contributed by atoms with E-state index >= 15 is 0 Å². The van der Waals surface area contributed by atoms with Crippen LogP contribution in [0.5, 0.6) is 0 Å². The minimum Gasteiger partial charge on any atom is -0.338 e. The van der Waals surface area contributed by atoms with Gasteiger partial charge in [-0.3, -0.25) is 5.32 Å². The molecule has 2 aromatic rings. The van der Waals surface area contributed by atoms with Crippen LogP contribution in [0.2, 0.25) is 0 Å². The van der Waals surface area contributed by atoms with Gasteiger partial charge < -0.3 is 5.32 Å². The van der Waals surface area contributed by atoms with Crippen LogP contribution < -0.4 is 10.6 Å². The van der Waals surface area contributed by atoms with Gasteiger partial charge in [-0.05, 0) is 25.5 Å². The fraction of sp³-hybridized carbons (Fsp3) is 0.524. The Bertz CT molecular complexity index is 651. The Kier molecular flexibility index (Phi) is 8.73. The zero-order valence-corrected chi connectivity index (χ0v) is 16.1. The van der Waals surface area contributed by atoms with Gasteiger partial charge in [-0.15, -0.1) is 0 Å². The number of hydrogen-bond acceptors (Lipinski definition) is 2. The molecule has 5 heteroatoms. The number of carbonyl (C=O) groups is 1. The molecule has 2 rings (SSSR count). The molecule has 0 saturated carbocycles. The first-order chi connectivity index (χ1) is 12.7. The number of amides is 2. The van der Waals surface area contributed by atoms with Crippen molar-refractivity contribution in [2.45, 2.75) is 65.2 Å². The molecule has 0 aliphatic heterocycles. The third-order valence-electron chi connectivity index (χ3n) is 4.39. The lowest BCUT2D eigenvalue weighted by Gasteiger charge is -2.10. The van der Waals surface area contributed by atoms with E-state index in [4.69, 9.17) is 0 Å². The van der Waals surface area contributed by atoms with Gasteiger partial charge in [0.15, 0.2) is 0 Å². The maximum atomic E-state index is 12.1. The van der Waals surface area contributed by atoms with Crippen LogP contribution in [0.3, 0.4) is 0 Å². The van der Waals surface area contributed by atoms with E-state index in [9.17, 15) is 4.79 Å². The second-order valence-electron chi connectivity index (χ2n) is 6.77. The summed E-state index contributed by atoms with van der Waals surface area (Å²) in [5.41, 5.74) is 1.80. The average Bonchev–Trinajstić information content (AvgIpc) is 3.01. The van der Waals surface area contributed by atoms with Crippen LogP contribution >= 0.6 is 0 Å². The molecule has 1 heterocycles. The van der Waals surface area contributed by atoms with Crippen molar-refractivity contribution in [1.82, 2.24) is 15.1 Å². The van der Waals surface area contributed by atoms with E-state index in [1.807, 2.05) is 43.3 Å². The number of benzene rings is 1. The largest absolute Gasteiger partial charge is 0.338 e. The van der Waals surface area contributed by atoms with Gasteiger partial charge in [-0.1, -0.05) is 70.1 Å². The van der Waals surface area contributed by atoms with Crippen molar-refractivity contribution in [3.8, 4) is 5.69 Å². The summed E-state index contributed by atoms with van der Waals surface area (Å²) in [6.07, 6.45) is 10.1. The molecule has 26 heavy (non-hydrogen) atoms. The summed E-state index contributed by atoms with van der Waals surface area (Å²) < 4.78 is 1.76. The normalized spacial score (nSPS) is 10.7. The number of nitrogens with zero attached hydrogens (tertiary/aromatic N) is 2. The lowest BCUT2D eigenvalue weighted by Crippen LogP contribution is -2.30. The summed E-state index contributed by atoms with van der Waals surface area (Å²) in [6.45, 7) is 4.87. The molecule has 0 saturated heterocycles. The molecule has 0 atom stereocenters. The Hall–Kier alpha value is -2.30. The van der Waals surface area contributed by atoms with Gasteiger partial charge in [0.05, 0.1) is 11.4 Å². The van der Waals surface area contributed by atoms with Crippen LogP contribution in [0, 0.1) is 6.92 Å². The zero-order chi connectivity index (χ0) is 18.6. The summed E-state index contributed by atoms with van der Waals surface area (Å²) in [7, 11) is 0. The van der Waals surface area contributed by atoms with Crippen molar-refractivity contribution in [3.63, 3.8) is 0 Å². The van der Waals surface area contributed by atoms with Crippen LogP contribution in [0.15, 0.2) is 36.4 Å². The van der Waals surface area contributed by atoms with Crippen molar-refractivity contribution in [3.05, 3.63) is 42.1 Å². The molecule has 0 unspecified atom stereocenters. The molecule has 1 aromatic heterocycles. The highest BCUT2D eigenvalue weighted by atomic mass is 16.2. The maximum absolute atomic E-state index is 12.1. The molecule has 0 bridgehead atoms. The monoisotopic (exact) mass is 356 g/mol. The number of nitrogens with one attached hydrogen (secondary N) is 2. The van der Waals surface area contributed by atoms with Crippen molar-refractivity contribution >= 4 is 11.8 Å². The number of aryl methyl sites for hydroxylation is 1. The predicted octanol–water partition coefficient (Wildman–Crippen LogP) is 5.44. The number of unbranched alkanes of at least 4 members (excludes halogenated alkanes) is 7. The maximum Gasteiger partial charge on any atom is 0.320 e. The lowest BCUT2D eigenvalue weighted by atomic mass is 10.1. The van der Waals surface area contributed by atoms with Crippen LogP contribution in [0.25, 0.3) is 5.69 Å². The number of aromatic nitrogens is 2. The third-order valence-corrected chi connectivity index (χ3v) is 4.39. The van der Waals surface area contributed by atoms with Gasteiger partial charge in [-0.25, -0.2) is 9.48 Å². The molecular formula is C21H32N4O. The number of hydrogen-bond donors (Lipinski definition) is 2. The predicted molar refractivity (Wildman–Crippen MR) is 108 cm³/mol. The van der Waals surface area contributed by atoms with E-state index in [1.54, 1.807) is 4.68 Å². The second-order valence-corrected chi connectivity index (χ2v) is 6.77. The first-order valence-corrected chi connectivity index (χ1v) is 9.87. The highest BCUT2D eigenvalue weighted by Gasteiger charge is 2.10. The standard InChI is InChI=1S/C21H32N4O/c1-3-4-5-6-7-8-9-13-16-22-21(26)23-20-17-18(2)24-25(20)19-14-11-10-12-15-19/h10-12,14-15,17H,3-9,13,16H2,1-2H3,(H2,22,23,26). The summed E-state index contributed by atoms with van der Waals surface area (Å²) >= 11 is 0. The molecule has 142 valence electrons. The Morgan fingerprint density at radius 2 is 1.65 bits per heavy atom. The molecule has 0 aliphatic rings. The van der Waals surface area contributed by atoms with E-state index in [1.165, 1.54) is 44.9 Å². The van der Waals surface area contributed by atoms with Gasteiger partial charge >= 0.3 is 6.03 Å². The Balaban J connectivity index is 1.69. The molecule has 0 aliphatic carbocycles. The first-order valence-electron chi connectivity index (χ1n) is 9.87. The summed E-state index contributed by atoms with van der Waals surface area (Å²) in [4.78, 5) is 12.1. The molecule has 1 aromatic carbocycles. The van der Waals surface area contributed by atoms with Crippen molar-refractivity contribution in [2.24, 2.45) is 0 Å². The van der Waals surface area contributed by atoms with E-state index in [0.717, 1.165) is 17.8 Å². The molecule has 0 spiro atoms. The van der Waals surface area contributed by atoms with E-state index in [2.05, 4.69) is 22.7 Å². The molecule has 2 N–H and O–H groups in total. The van der Waals surface area contributed by atoms with Crippen molar-refractivity contribution < 1.29 is 4.79 Å². The van der Waals surface area contributed by atoms with Gasteiger partial charge in [-0.2, -0.15) is 5.10 Å². The first kappa shape index (κ1) is 20.0. The molecule has 0 fully saturated rings. The Morgan fingerprint density at radius 3 is 2.35 bits per heavy atom. The van der Waals surface area contributed by atoms with Crippen LogP contribution in [-0.2, 0) is 0 Å². The summed E-state index contributed by atoms with van der Waals surface area (Å²) in [6, 6.07) is 11.5. The topological polar surface area (TPSA) is 59.0 Å². The van der Waals surface area contributed by atoms with Crippen LogP contribution in [0.1, 0.15) is 64.0 Å². The minimum atomic E-state index is -0.176. The molecule has 0 radical (unpaired) electrons. The fourth-order valence-corrected chi connectivity index (χ4v) is 2.98. The van der Waals surface area contributed by atoms with Gasteiger partial charge in [0.2, 0.25) is 0 Å². The highest BCUT2D eigenvalue weighted by Crippen LogP contribution is 2.16. The molecular weight excluding hydrogens is 324 g/mol. The van der Waals surface area contributed by atoms with Crippen molar-refractivity contribution in [1.29, 1.82) is 0 Å². The Labute approximate surface area is 157 Å². The Morgan fingerprint density at radius 1 is 1.00 bits per heavy atom. The van der Waals surface area contributed by atoms with Crippen LogP contribution in [-0.4, -0.2) is 22.4 Å². The smallest absolute Gasteiger partial charge is 0.320 e. The van der Waals surface area contributed by atoms with Crippen molar-refractivity contribution in [2.75, 3.05) is 11.9 Å². The minimum absolute atomic E-state index is 0.176. The molecule has 2 amide bonds. The summed E-state index contributed by atoms with van der Waals surface area (Å²) in [5, 5.41) is 10.3.